The number of azo groups is 2. The van der Waals surface area contributed by atoms with Crippen LogP contribution >= 0.6 is 0 Å². The van der Waals surface area contributed by atoms with Gasteiger partial charge in [0.25, 0.3) is 30.4 Å². The molecule has 6 rings (SSSR count). The molecule has 0 radical (unpaired) electrons. The molecule has 0 aromatic heterocycles. The van der Waals surface area contributed by atoms with Gasteiger partial charge in [0.2, 0.25) is 0 Å². The quantitative estimate of drug-likeness (QED) is 0.0574. The minimum atomic E-state index is -4.97. The largest absolute Gasteiger partial charge is 0.506 e. The summed E-state index contributed by atoms with van der Waals surface area (Å²) in [5.74, 6) is -1.21. The van der Waals surface area contributed by atoms with Crippen molar-refractivity contribution in [1.29, 1.82) is 0 Å². The van der Waals surface area contributed by atoms with Gasteiger partial charge in [0.05, 0.1) is 17.7 Å². The maximum atomic E-state index is 12.4. The first-order valence-electron chi connectivity index (χ1n) is 14.8. The minimum absolute atomic E-state index is 0.0137. The Kier molecular flexibility index (Phi) is 9.59. The number of benzene rings is 6. The number of phenols is 2. The average Bonchev–Trinajstić information content (AvgIpc) is 3.09. The van der Waals surface area contributed by atoms with E-state index >= 15 is 0 Å². The Hall–Kier alpha value is -6.03. The Morgan fingerprint density at radius 1 is 0.585 bits per heavy atom. The maximum absolute atomic E-state index is 12.4. The molecule has 6 N–H and O–H groups in total. The minimum Gasteiger partial charge on any atom is -0.506 e. The first kappa shape index (κ1) is 36.8. The van der Waals surface area contributed by atoms with Crippen molar-refractivity contribution >= 4 is 86.0 Å². The van der Waals surface area contributed by atoms with Gasteiger partial charge in [0.1, 0.15) is 38.4 Å². The van der Waals surface area contributed by atoms with Crippen molar-refractivity contribution in [3.8, 4) is 17.2 Å². The number of fused-ring (bicyclic) bond motifs is 2. The predicted octanol–water partition coefficient (Wildman–Crippen LogP) is 7.73. The molecule has 0 saturated carbocycles. The van der Waals surface area contributed by atoms with Crippen LogP contribution in [0, 0.1) is 0 Å². The molecule has 0 aliphatic heterocycles. The highest BCUT2D eigenvalue weighted by Gasteiger charge is 2.23. The summed E-state index contributed by atoms with van der Waals surface area (Å²) in [7, 11) is -13.5. The summed E-state index contributed by atoms with van der Waals surface area (Å²) in [5, 5.41) is 41.0. The van der Waals surface area contributed by atoms with Crippen LogP contribution in [-0.4, -0.2) is 56.2 Å². The van der Waals surface area contributed by atoms with E-state index in [4.69, 9.17) is 4.74 Å². The summed E-state index contributed by atoms with van der Waals surface area (Å²) in [6, 6.07) is 22.5. The van der Waals surface area contributed by atoms with Crippen molar-refractivity contribution in [3.63, 3.8) is 0 Å². The molecule has 0 atom stereocenters. The van der Waals surface area contributed by atoms with Crippen molar-refractivity contribution in [2.45, 2.75) is 14.7 Å². The standard InChI is InChI=1S/C33H25N5O12S3/c1-50-29-17-26(28(39)16-27(29)37-35-22-8-7-18-12-23(51(41,42)43)15-30(25(18)14-22)52(44,45)46)36-38-32-31(53(47,48)49)13-19-11-21(9-10-24(19)33(32)40)34-20-5-3-2-4-6-20/h2-17,34,39-40H,1H3,(H,41,42,43)(H,44,45,46)(H,47,48,49). The van der Waals surface area contributed by atoms with Crippen LogP contribution in [0.2, 0.25) is 0 Å². The van der Waals surface area contributed by atoms with Crippen LogP contribution in [0.1, 0.15) is 0 Å². The molecule has 0 bridgehead atoms. The lowest BCUT2D eigenvalue weighted by Crippen LogP contribution is -2.04. The van der Waals surface area contributed by atoms with Gasteiger partial charge < -0.3 is 20.3 Å². The number of methoxy groups -OCH3 is 1. The molecule has 0 spiro atoms. The second-order valence-corrected chi connectivity index (χ2v) is 15.4. The fourth-order valence-corrected chi connectivity index (χ4v) is 7.21. The number of para-hydroxylation sites is 1. The highest BCUT2D eigenvalue weighted by Crippen LogP contribution is 2.45. The Labute approximate surface area is 300 Å². The molecule has 0 aliphatic carbocycles. The monoisotopic (exact) mass is 779 g/mol. The molecular weight excluding hydrogens is 755 g/mol. The van der Waals surface area contributed by atoms with Crippen LogP contribution in [0.3, 0.4) is 0 Å². The van der Waals surface area contributed by atoms with Gasteiger partial charge in [-0.05, 0) is 71.4 Å². The molecule has 6 aromatic carbocycles. The van der Waals surface area contributed by atoms with E-state index in [9.17, 15) is 49.1 Å². The van der Waals surface area contributed by atoms with E-state index in [2.05, 4.69) is 25.8 Å². The van der Waals surface area contributed by atoms with E-state index in [1.165, 1.54) is 31.4 Å². The molecule has 20 heteroatoms. The van der Waals surface area contributed by atoms with Crippen LogP contribution in [0.25, 0.3) is 21.5 Å². The second-order valence-electron chi connectivity index (χ2n) is 11.2. The summed E-state index contributed by atoms with van der Waals surface area (Å²) in [6.45, 7) is 0. The Bertz CT molecular complexity index is 2850. The molecule has 53 heavy (non-hydrogen) atoms. The fraction of sp³-hybridized carbons (Fsp3) is 0.0303. The van der Waals surface area contributed by atoms with Crippen LogP contribution in [0.5, 0.6) is 17.2 Å². The topological polar surface area (TPSA) is 274 Å². The summed E-state index contributed by atoms with van der Waals surface area (Å²) in [5.41, 5.74) is 0.358. The SMILES string of the molecule is COc1cc(N=Nc2c(S(=O)(=O)O)cc3cc(Nc4ccccc4)ccc3c2O)c(O)cc1N=Nc1ccc2cc(S(=O)(=O)O)cc(S(=O)(=O)O)c2c1. The molecule has 0 heterocycles. The fourth-order valence-electron chi connectivity index (χ4n) is 5.20. The summed E-state index contributed by atoms with van der Waals surface area (Å²) >= 11 is 0. The number of nitrogens with one attached hydrogen (secondary N) is 1. The maximum Gasteiger partial charge on any atom is 0.296 e. The van der Waals surface area contributed by atoms with E-state index in [-0.39, 0.29) is 44.4 Å². The number of phenolic OH excluding ortho intramolecular Hbond substituents is 2. The number of hydrogen-bond donors (Lipinski definition) is 6. The number of anilines is 2. The lowest BCUT2D eigenvalue weighted by atomic mass is 10.1. The van der Waals surface area contributed by atoms with E-state index < -0.39 is 62.2 Å². The molecule has 272 valence electrons. The zero-order chi connectivity index (χ0) is 38.3. The predicted molar refractivity (Wildman–Crippen MR) is 192 cm³/mol. The summed E-state index contributed by atoms with van der Waals surface area (Å²) < 4.78 is 107. The highest BCUT2D eigenvalue weighted by molar-refractivity contribution is 7.87. The van der Waals surface area contributed by atoms with Gasteiger partial charge >= 0.3 is 0 Å². The molecular formula is C33H25N5O12S3. The molecule has 6 aromatic rings. The molecule has 0 aliphatic rings. The highest BCUT2D eigenvalue weighted by atomic mass is 32.2. The third-order valence-electron chi connectivity index (χ3n) is 7.65. The molecule has 0 saturated heterocycles. The van der Waals surface area contributed by atoms with Crippen LogP contribution in [0.15, 0.2) is 132 Å². The third-order valence-corrected chi connectivity index (χ3v) is 10.2. The molecule has 0 unspecified atom stereocenters. The van der Waals surface area contributed by atoms with Gasteiger partial charge in [0.15, 0.2) is 5.75 Å². The number of hydrogen-bond acceptors (Lipinski definition) is 14. The third kappa shape index (κ3) is 7.91. The van der Waals surface area contributed by atoms with Crippen molar-refractivity contribution in [1.82, 2.24) is 0 Å². The van der Waals surface area contributed by atoms with E-state index in [0.29, 0.717) is 11.8 Å². The van der Waals surface area contributed by atoms with Crippen molar-refractivity contribution in [2.24, 2.45) is 20.5 Å². The van der Waals surface area contributed by atoms with Gasteiger partial charge in [-0.3, -0.25) is 13.7 Å². The number of aromatic hydroxyl groups is 2. The summed E-state index contributed by atoms with van der Waals surface area (Å²) in [6.07, 6.45) is 0. The zero-order valence-corrected chi connectivity index (χ0v) is 29.3. The molecule has 17 nitrogen and oxygen atoms in total. The lowest BCUT2D eigenvalue weighted by Gasteiger charge is -2.12. The first-order valence-corrected chi connectivity index (χ1v) is 19.1. The van der Waals surface area contributed by atoms with Crippen molar-refractivity contribution in [3.05, 3.63) is 97.1 Å². The zero-order valence-electron chi connectivity index (χ0n) is 26.8. The van der Waals surface area contributed by atoms with Gasteiger partial charge in [-0.1, -0.05) is 24.3 Å². The van der Waals surface area contributed by atoms with Gasteiger partial charge in [0, 0.05) is 34.3 Å². The smallest absolute Gasteiger partial charge is 0.296 e. The van der Waals surface area contributed by atoms with Crippen molar-refractivity contribution < 1.29 is 53.9 Å². The number of ether oxygens (including phenoxy) is 1. The summed E-state index contributed by atoms with van der Waals surface area (Å²) in [4.78, 5) is -2.34. The van der Waals surface area contributed by atoms with Gasteiger partial charge in [-0.15, -0.1) is 15.3 Å². The Morgan fingerprint density at radius 2 is 1.28 bits per heavy atom. The first-order chi connectivity index (χ1) is 24.9. The Morgan fingerprint density at radius 3 is 1.94 bits per heavy atom. The normalized spacial score (nSPS) is 12.6. The van der Waals surface area contributed by atoms with Gasteiger partial charge in [-0.25, -0.2) is 0 Å². The van der Waals surface area contributed by atoms with E-state index in [1.807, 2.05) is 30.3 Å². The average molecular weight is 780 g/mol. The number of nitrogens with zero attached hydrogens (tertiary/aromatic N) is 4. The van der Waals surface area contributed by atoms with Crippen LogP contribution < -0.4 is 10.1 Å². The van der Waals surface area contributed by atoms with E-state index in [1.54, 1.807) is 12.1 Å². The van der Waals surface area contributed by atoms with Gasteiger partial charge in [-0.2, -0.15) is 30.4 Å². The second kappa shape index (κ2) is 13.8. The lowest BCUT2D eigenvalue weighted by molar-refractivity contribution is 0.413. The van der Waals surface area contributed by atoms with Crippen LogP contribution in [-0.2, 0) is 30.4 Å². The van der Waals surface area contributed by atoms with Crippen molar-refractivity contribution in [2.75, 3.05) is 12.4 Å². The molecule has 0 fully saturated rings. The molecule has 0 amide bonds. The Balaban J connectivity index is 1.35. The van der Waals surface area contributed by atoms with E-state index in [0.717, 1.165) is 30.0 Å². The number of rotatable bonds is 10. The van der Waals surface area contributed by atoms with Crippen LogP contribution in [0.4, 0.5) is 34.1 Å².